The van der Waals surface area contributed by atoms with Crippen molar-refractivity contribution in [3.63, 3.8) is 0 Å². The molecule has 0 aliphatic heterocycles. The zero-order valence-corrected chi connectivity index (χ0v) is 27.8. The fraction of sp³-hybridized carbons (Fsp3) is 0. The molecule has 3 heteroatoms. The number of aromatic nitrogens is 1. The molecule has 3 nitrogen and oxygen atoms in total. The molecule has 0 N–H and O–H groups in total. The number of benzene rings is 8. The Hall–Kier alpha value is -6.84. The van der Waals surface area contributed by atoms with Crippen LogP contribution in [0.1, 0.15) is 0 Å². The summed E-state index contributed by atoms with van der Waals surface area (Å²) < 4.78 is 8.86. The van der Waals surface area contributed by atoms with Crippen LogP contribution in [-0.2, 0) is 0 Å². The van der Waals surface area contributed by atoms with Crippen LogP contribution in [0.25, 0.3) is 71.7 Å². The highest BCUT2D eigenvalue weighted by atomic mass is 16.3. The van der Waals surface area contributed by atoms with Gasteiger partial charge in [-0.3, -0.25) is 0 Å². The van der Waals surface area contributed by atoms with Crippen molar-refractivity contribution < 1.29 is 4.42 Å². The van der Waals surface area contributed by atoms with Gasteiger partial charge in [-0.15, -0.1) is 0 Å². The molecule has 0 amide bonds. The normalized spacial score (nSPS) is 11.5. The third-order valence-electron chi connectivity index (χ3n) is 9.98. The van der Waals surface area contributed by atoms with Crippen molar-refractivity contribution in [1.82, 2.24) is 4.57 Å². The maximum absolute atomic E-state index is 6.48. The molecule has 0 fully saturated rings. The summed E-state index contributed by atoms with van der Waals surface area (Å²) in [6, 6.07) is 69.1. The molecule has 0 unspecified atom stereocenters. The third kappa shape index (κ3) is 4.90. The van der Waals surface area contributed by atoms with Crippen LogP contribution in [0.15, 0.2) is 199 Å². The Kier molecular flexibility index (Phi) is 6.81. The first-order valence-corrected chi connectivity index (χ1v) is 17.4. The van der Waals surface area contributed by atoms with Crippen LogP contribution in [0.4, 0.5) is 17.1 Å². The maximum Gasteiger partial charge on any atom is 0.143 e. The van der Waals surface area contributed by atoms with Crippen LogP contribution < -0.4 is 4.90 Å². The number of nitrogens with zero attached hydrogens (tertiary/aromatic N) is 2. The van der Waals surface area contributed by atoms with E-state index in [1.807, 2.05) is 12.1 Å². The highest BCUT2D eigenvalue weighted by molar-refractivity contribution is 6.11. The van der Waals surface area contributed by atoms with E-state index < -0.39 is 0 Å². The number of hydrogen-bond acceptors (Lipinski definition) is 2. The minimum Gasteiger partial charge on any atom is -0.455 e. The molecule has 0 atom stereocenters. The fourth-order valence-electron chi connectivity index (χ4n) is 7.62. The second-order valence-electron chi connectivity index (χ2n) is 13.0. The molecular weight excluding hydrogens is 621 g/mol. The quantitative estimate of drug-likeness (QED) is 0.178. The molecule has 0 spiro atoms. The molecule has 0 saturated heterocycles. The Morgan fingerprint density at radius 1 is 0.373 bits per heavy atom. The molecular formula is C48H32N2O. The zero-order valence-electron chi connectivity index (χ0n) is 27.8. The summed E-state index contributed by atoms with van der Waals surface area (Å²) in [5, 5.41) is 4.72. The lowest BCUT2D eigenvalue weighted by Crippen LogP contribution is -2.10. The smallest absolute Gasteiger partial charge is 0.143 e. The Balaban J connectivity index is 1.18. The average Bonchev–Trinajstić information content (AvgIpc) is 3.75. The average molecular weight is 653 g/mol. The standard InChI is InChI=1S/C48H32N2O/c1-3-13-33(14-4-1)34-25-27-37(28-26-34)49(38-18-11-15-35(31-38)40-21-12-22-44-43-20-8-10-24-47(43)51-48(40)44)39-29-30-42-41-19-7-9-23-45(41)50(46(42)32-39)36-16-5-2-6-17-36/h1-32H. The minimum atomic E-state index is 0.901. The van der Waals surface area contributed by atoms with E-state index in [0.29, 0.717) is 0 Å². The van der Waals surface area contributed by atoms with Gasteiger partial charge in [0.2, 0.25) is 0 Å². The number of rotatable bonds is 6. The van der Waals surface area contributed by atoms with E-state index >= 15 is 0 Å². The van der Waals surface area contributed by atoms with E-state index in [2.05, 4.69) is 191 Å². The van der Waals surface area contributed by atoms with E-state index in [1.54, 1.807) is 0 Å². The first kappa shape index (κ1) is 29.1. The number of fused-ring (bicyclic) bond motifs is 6. The lowest BCUT2D eigenvalue weighted by molar-refractivity contribution is 0.670. The molecule has 240 valence electrons. The summed E-state index contributed by atoms with van der Waals surface area (Å²) in [4.78, 5) is 2.36. The van der Waals surface area contributed by atoms with Gasteiger partial charge in [0, 0.05) is 49.9 Å². The van der Waals surface area contributed by atoms with Gasteiger partial charge in [-0.25, -0.2) is 0 Å². The number of furan rings is 1. The molecule has 0 bridgehead atoms. The molecule has 2 heterocycles. The topological polar surface area (TPSA) is 21.3 Å². The monoisotopic (exact) mass is 652 g/mol. The predicted molar refractivity (Wildman–Crippen MR) is 214 cm³/mol. The lowest BCUT2D eigenvalue weighted by atomic mass is 10.0. The molecule has 0 aliphatic rings. The third-order valence-corrected chi connectivity index (χ3v) is 9.98. The van der Waals surface area contributed by atoms with Crippen LogP contribution in [0.2, 0.25) is 0 Å². The highest BCUT2D eigenvalue weighted by Crippen LogP contribution is 2.42. The Bertz CT molecular complexity index is 2850. The number of para-hydroxylation sites is 4. The van der Waals surface area contributed by atoms with Gasteiger partial charge in [0.1, 0.15) is 11.2 Å². The molecule has 10 rings (SSSR count). The van der Waals surface area contributed by atoms with Crippen molar-refractivity contribution in [2.75, 3.05) is 4.90 Å². The van der Waals surface area contributed by atoms with Gasteiger partial charge < -0.3 is 13.9 Å². The molecule has 0 aliphatic carbocycles. The second-order valence-corrected chi connectivity index (χ2v) is 13.0. The Morgan fingerprint density at radius 2 is 0.980 bits per heavy atom. The molecule has 51 heavy (non-hydrogen) atoms. The zero-order chi connectivity index (χ0) is 33.7. The summed E-state index contributed by atoms with van der Waals surface area (Å²) in [7, 11) is 0. The van der Waals surface area contributed by atoms with Crippen LogP contribution in [0, 0.1) is 0 Å². The minimum absolute atomic E-state index is 0.901. The number of hydrogen-bond donors (Lipinski definition) is 0. The van der Waals surface area contributed by atoms with Gasteiger partial charge in [-0.05, 0) is 77.4 Å². The summed E-state index contributed by atoms with van der Waals surface area (Å²) in [6.07, 6.45) is 0. The van der Waals surface area contributed by atoms with Crippen molar-refractivity contribution >= 4 is 60.8 Å². The fourth-order valence-corrected chi connectivity index (χ4v) is 7.62. The van der Waals surface area contributed by atoms with Crippen LogP contribution in [0.3, 0.4) is 0 Å². The molecule has 8 aromatic carbocycles. The highest BCUT2D eigenvalue weighted by Gasteiger charge is 2.19. The molecule has 0 saturated carbocycles. The van der Waals surface area contributed by atoms with Crippen molar-refractivity contribution in [1.29, 1.82) is 0 Å². The van der Waals surface area contributed by atoms with Gasteiger partial charge in [-0.1, -0.05) is 133 Å². The van der Waals surface area contributed by atoms with E-state index in [0.717, 1.165) is 61.3 Å². The first-order valence-electron chi connectivity index (χ1n) is 17.4. The Morgan fingerprint density at radius 3 is 1.82 bits per heavy atom. The van der Waals surface area contributed by atoms with E-state index in [-0.39, 0.29) is 0 Å². The summed E-state index contributed by atoms with van der Waals surface area (Å²) in [5.74, 6) is 0. The lowest BCUT2D eigenvalue weighted by Gasteiger charge is -2.26. The Labute approximate surface area is 295 Å². The van der Waals surface area contributed by atoms with Gasteiger partial charge in [0.05, 0.1) is 11.0 Å². The van der Waals surface area contributed by atoms with Crippen molar-refractivity contribution in [2.45, 2.75) is 0 Å². The van der Waals surface area contributed by atoms with Crippen LogP contribution in [-0.4, -0.2) is 4.57 Å². The van der Waals surface area contributed by atoms with E-state index in [4.69, 9.17) is 4.42 Å². The van der Waals surface area contributed by atoms with Crippen molar-refractivity contribution in [3.05, 3.63) is 194 Å². The van der Waals surface area contributed by atoms with Crippen LogP contribution in [0.5, 0.6) is 0 Å². The predicted octanol–water partition coefficient (Wildman–Crippen LogP) is 13.5. The SMILES string of the molecule is c1ccc(-c2ccc(N(c3cccc(-c4cccc5c4oc4ccccc45)c3)c3ccc4c5ccccc5n(-c5ccccc5)c4c3)cc2)cc1. The largest absolute Gasteiger partial charge is 0.455 e. The molecule has 10 aromatic rings. The van der Waals surface area contributed by atoms with Gasteiger partial charge in [0.25, 0.3) is 0 Å². The van der Waals surface area contributed by atoms with E-state index in [9.17, 15) is 0 Å². The molecule has 0 radical (unpaired) electrons. The molecule has 2 aromatic heterocycles. The summed E-state index contributed by atoms with van der Waals surface area (Å²) >= 11 is 0. The van der Waals surface area contributed by atoms with Crippen molar-refractivity contribution in [2.24, 2.45) is 0 Å². The second kappa shape index (κ2) is 11.9. The first-order chi connectivity index (χ1) is 25.3. The van der Waals surface area contributed by atoms with Crippen LogP contribution >= 0.6 is 0 Å². The summed E-state index contributed by atoms with van der Waals surface area (Å²) in [6.45, 7) is 0. The van der Waals surface area contributed by atoms with Crippen molar-refractivity contribution in [3.8, 4) is 27.9 Å². The van der Waals surface area contributed by atoms with E-state index in [1.165, 1.54) is 27.4 Å². The van der Waals surface area contributed by atoms with Gasteiger partial charge >= 0.3 is 0 Å². The maximum atomic E-state index is 6.48. The summed E-state index contributed by atoms with van der Waals surface area (Å²) in [5.41, 5.74) is 13.1. The van der Waals surface area contributed by atoms with Gasteiger partial charge in [-0.2, -0.15) is 0 Å². The number of anilines is 3. The van der Waals surface area contributed by atoms with Gasteiger partial charge in [0.15, 0.2) is 0 Å².